The second-order valence-electron chi connectivity index (χ2n) is 5.94. The summed E-state index contributed by atoms with van der Waals surface area (Å²) in [6, 6.07) is 17.6. The number of methoxy groups -OCH3 is 1. The topological polar surface area (TPSA) is 80.6 Å². The zero-order chi connectivity index (χ0) is 19.8. The van der Waals surface area contributed by atoms with Crippen LogP contribution in [0.1, 0.15) is 21.7 Å². The van der Waals surface area contributed by atoms with Gasteiger partial charge in [0, 0.05) is 17.3 Å². The van der Waals surface area contributed by atoms with Crippen molar-refractivity contribution in [3.8, 4) is 5.75 Å². The molecule has 0 aliphatic carbocycles. The van der Waals surface area contributed by atoms with Gasteiger partial charge in [0.25, 0.3) is 5.91 Å². The molecule has 3 rings (SSSR count). The van der Waals surface area contributed by atoms with Gasteiger partial charge in [0.05, 0.1) is 19.9 Å². The van der Waals surface area contributed by atoms with Gasteiger partial charge < -0.3 is 19.8 Å². The van der Waals surface area contributed by atoms with Crippen molar-refractivity contribution in [1.82, 2.24) is 5.32 Å². The van der Waals surface area contributed by atoms with Gasteiger partial charge in [-0.1, -0.05) is 12.1 Å². The van der Waals surface area contributed by atoms with Crippen molar-refractivity contribution in [3.05, 3.63) is 89.9 Å². The summed E-state index contributed by atoms with van der Waals surface area (Å²) in [6.07, 6.45) is 4.72. The lowest BCUT2D eigenvalue weighted by Gasteiger charge is -2.06. The third-order valence-electron chi connectivity index (χ3n) is 3.96. The highest BCUT2D eigenvalue weighted by molar-refractivity contribution is 6.02. The van der Waals surface area contributed by atoms with Crippen LogP contribution >= 0.6 is 0 Å². The number of hydrogen-bond donors (Lipinski definition) is 2. The predicted octanol–water partition coefficient (Wildman–Crippen LogP) is 3.87. The normalized spacial score (nSPS) is 10.6. The summed E-state index contributed by atoms with van der Waals surface area (Å²) in [4.78, 5) is 24.2. The third-order valence-corrected chi connectivity index (χ3v) is 3.96. The average Bonchev–Trinajstić information content (AvgIpc) is 3.25. The molecule has 28 heavy (non-hydrogen) atoms. The molecule has 2 amide bonds. The van der Waals surface area contributed by atoms with Crippen LogP contribution in [-0.4, -0.2) is 18.9 Å². The standard InChI is InChI=1S/C22H20N2O4/c1-27-19-11-4-16(5-12-19)6-13-21(25)24-18-9-7-17(8-10-18)22(26)23-15-20-3-2-14-28-20/h2-14H,15H2,1H3,(H,23,26)(H,24,25)/b13-6+. The highest BCUT2D eigenvalue weighted by Gasteiger charge is 2.06. The van der Waals surface area contributed by atoms with Crippen molar-refractivity contribution >= 4 is 23.6 Å². The molecule has 1 heterocycles. The Labute approximate surface area is 162 Å². The molecule has 0 spiro atoms. The Balaban J connectivity index is 1.51. The zero-order valence-corrected chi connectivity index (χ0v) is 15.3. The van der Waals surface area contributed by atoms with Crippen molar-refractivity contribution < 1.29 is 18.7 Å². The number of hydrogen-bond acceptors (Lipinski definition) is 4. The molecular weight excluding hydrogens is 356 g/mol. The second-order valence-corrected chi connectivity index (χ2v) is 5.94. The van der Waals surface area contributed by atoms with Crippen molar-refractivity contribution in [1.29, 1.82) is 0 Å². The van der Waals surface area contributed by atoms with Gasteiger partial charge in [0.1, 0.15) is 11.5 Å². The maximum atomic E-state index is 12.1. The van der Waals surface area contributed by atoms with Crippen molar-refractivity contribution in [2.75, 3.05) is 12.4 Å². The van der Waals surface area contributed by atoms with E-state index in [0.29, 0.717) is 23.6 Å². The first-order valence-electron chi connectivity index (χ1n) is 8.68. The third kappa shape index (κ3) is 5.35. The van der Waals surface area contributed by atoms with E-state index in [9.17, 15) is 9.59 Å². The van der Waals surface area contributed by atoms with E-state index in [1.807, 2.05) is 24.3 Å². The molecule has 0 saturated carbocycles. The molecule has 0 fully saturated rings. The SMILES string of the molecule is COc1ccc(/C=C/C(=O)Nc2ccc(C(=O)NCc3ccco3)cc2)cc1. The van der Waals surface area contributed by atoms with Gasteiger partial charge in [0.15, 0.2) is 0 Å². The lowest BCUT2D eigenvalue weighted by molar-refractivity contribution is -0.111. The van der Waals surface area contributed by atoms with E-state index in [1.165, 1.54) is 6.08 Å². The number of anilines is 1. The van der Waals surface area contributed by atoms with Gasteiger partial charge in [-0.3, -0.25) is 9.59 Å². The van der Waals surface area contributed by atoms with Gasteiger partial charge in [0.2, 0.25) is 5.91 Å². The Kier molecular flexibility index (Phi) is 6.25. The van der Waals surface area contributed by atoms with Crippen LogP contribution in [0, 0.1) is 0 Å². The Morgan fingerprint density at radius 3 is 2.43 bits per heavy atom. The quantitative estimate of drug-likeness (QED) is 0.614. The Bertz CT molecular complexity index is 943. The van der Waals surface area contributed by atoms with Crippen LogP contribution in [-0.2, 0) is 11.3 Å². The van der Waals surface area contributed by atoms with Crippen molar-refractivity contribution in [2.45, 2.75) is 6.54 Å². The number of furan rings is 1. The molecule has 6 heteroatoms. The smallest absolute Gasteiger partial charge is 0.251 e. The maximum absolute atomic E-state index is 12.1. The van der Waals surface area contributed by atoms with E-state index in [4.69, 9.17) is 9.15 Å². The highest BCUT2D eigenvalue weighted by Crippen LogP contribution is 2.13. The fourth-order valence-electron chi connectivity index (χ4n) is 2.46. The van der Waals surface area contributed by atoms with Gasteiger partial charge in [-0.05, 0) is 60.2 Å². The van der Waals surface area contributed by atoms with E-state index in [2.05, 4.69) is 10.6 Å². The first-order chi connectivity index (χ1) is 13.6. The first-order valence-corrected chi connectivity index (χ1v) is 8.68. The number of benzene rings is 2. The molecule has 0 bridgehead atoms. The molecule has 0 saturated heterocycles. The molecule has 142 valence electrons. The van der Waals surface area contributed by atoms with E-state index in [0.717, 1.165) is 11.3 Å². The molecule has 0 aliphatic rings. The molecule has 6 nitrogen and oxygen atoms in total. The van der Waals surface area contributed by atoms with Gasteiger partial charge in [-0.15, -0.1) is 0 Å². The average molecular weight is 376 g/mol. The van der Waals surface area contributed by atoms with E-state index in [1.54, 1.807) is 55.8 Å². The van der Waals surface area contributed by atoms with Crippen LogP contribution in [0.25, 0.3) is 6.08 Å². The minimum absolute atomic E-state index is 0.214. The predicted molar refractivity (Wildman–Crippen MR) is 107 cm³/mol. The number of carbonyl (C=O) groups is 2. The summed E-state index contributed by atoms with van der Waals surface area (Å²) in [5, 5.41) is 5.53. The van der Waals surface area contributed by atoms with Crippen LogP contribution < -0.4 is 15.4 Å². The summed E-state index contributed by atoms with van der Waals surface area (Å²) in [7, 11) is 1.60. The number of rotatable bonds is 7. The number of carbonyl (C=O) groups excluding carboxylic acids is 2. The minimum Gasteiger partial charge on any atom is -0.497 e. The number of nitrogens with one attached hydrogen (secondary N) is 2. The number of amides is 2. The zero-order valence-electron chi connectivity index (χ0n) is 15.3. The lowest BCUT2D eigenvalue weighted by Crippen LogP contribution is -2.22. The molecule has 0 radical (unpaired) electrons. The van der Waals surface area contributed by atoms with E-state index in [-0.39, 0.29) is 11.8 Å². The highest BCUT2D eigenvalue weighted by atomic mass is 16.5. The monoisotopic (exact) mass is 376 g/mol. The number of ether oxygens (including phenoxy) is 1. The Morgan fingerprint density at radius 2 is 1.79 bits per heavy atom. The van der Waals surface area contributed by atoms with Crippen molar-refractivity contribution in [3.63, 3.8) is 0 Å². The van der Waals surface area contributed by atoms with Crippen LogP contribution in [0.5, 0.6) is 5.75 Å². The van der Waals surface area contributed by atoms with E-state index < -0.39 is 0 Å². The van der Waals surface area contributed by atoms with Crippen LogP contribution in [0.3, 0.4) is 0 Å². The van der Waals surface area contributed by atoms with Gasteiger partial charge in [-0.2, -0.15) is 0 Å². The summed E-state index contributed by atoms with van der Waals surface area (Å²) < 4.78 is 10.3. The largest absolute Gasteiger partial charge is 0.497 e. The molecule has 0 atom stereocenters. The summed E-state index contributed by atoms with van der Waals surface area (Å²) in [5.41, 5.74) is 1.99. The van der Waals surface area contributed by atoms with Gasteiger partial charge in [-0.25, -0.2) is 0 Å². The first kappa shape index (κ1) is 19.0. The Morgan fingerprint density at radius 1 is 1.04 bits per heavy atom. The maximum Gasteiger partial charge on any atom is 0.251 e. The molecule has 0 unspecified atom stereocenters. The second kappa shape index (κ2) is 9.23. The Hall–Kier alpha value is -3.80. The van der Waals surface area contributed by atoms with Crippen LogP contribution in [0.2, 0.25) is 0 Å². The fourth-order valence-corrected chi connectivity index (χ4v) is 2.46. The van der Waals surface area contributed by atoms with E-state index >= 15 is 0 Å². The lowest BCUT2D eigenvalue weighted by atomic mass is 10.2. The molecular formula is C22H20N2O4. The molecule has 0 aliphatic heterocycles. The molecule has 2 aromatic carbocycles. The summed E-state index contributed by atoms with van der Waals surface area (Å²) in [6.45, 7) is 0.320. The fraction of sp³-hybridized carbons (Fsp3) is 0.0909. The summed E-state index contributed by atoms with van der Waals surface area (Å²) >= 11 is 0. The molecule has 1 aromatic heterocycles. The van der Waals surface area contributed by atoms with Crippen molar-refractivity contribution in [2.24, 2.45) is 0 Å². The molecule has 2 N–H and O–H groups in total. The van der Waals surface area contributed by atoms with Crippen LogP contribution in [0.15, 0.2) is 77.4 Å². The van der Waals surface area contributed by atoms with Crippen LogP contribution in [0.4, 0.5) is 5.69 Å². The minimum atomic E-state index is -0.258. The van der Waals surface area contributed by atoms with Gasteiger partial charge >= 0.3 is 0 Å². The summed E-state index contributed by atoms with van der Waals surface area (Å²) in [5.74, 6) is 0.968. The molecule has 3 aromatic rings.